The van der Waals surface area contributed by atoms with Gasteiger partial charge in [0.1, 0.15) is 0 Å². The molecule has 124 valence electrons. The molecule has 3 nitrogen and oxygen atoms in total. The molecule has 3 heteroatoms. The van der Waals surface area contributed by atoms with E-state index in [4.69, 9.17) is 4.74 Å². The van der Waals surface area contributed by atoms with Crippen LogP contribution in [0.3, 0.4) is 0 Å². The molecule has 0 unspecified atom stereocenters. The second-order valence-electron chi connectivity index (χ2n) is 7.22. The number of nitrogens with zero attached hydrogens (tertiary/aromatic N) is 2. The van der Waals surface area contributed by atoms with Crippen LogP contribution < -0.4 is 4.74 Å². The molecule has 0 N–H and O–H groups in total. The zero-order valence-electron chi connectivity index (χ0n) is 15.0. The van der Waals surface area contributed by atoms with Gasteiger partial charge in [0, 0.05) is 24.4 Å². The number of ether oxygens (including phenoxy) is 1. The van der Waals surface area contributed by atoms with E-state index in [0.29, 0.717) is 12.5 Å². The summed E-state index contributed by atoms with van der Waals surface area (Å²) in [5.41, 5.74) is 3.83. The van der Waals surface area contributed by atoms with Gasteiger partial charge in [-0.05, 0) is 43.1 Å². The Morgan fingerprint density at radius 3 is 2.13 bits per heavy atom. The van der Waals surface area contributed by atoms with Crippen LogP contribution in [0, 0.1) is 0 Å². The van der Waals surface area contributed by atoms with Crippen LogP contribution in [-0.4, -0.2) is 37.1 Å². The van der Waals surface area contributed by atoms with Gasteiger partial charge < -0.3 is 9.64 Å². The molecule has 2 rings (SSSR count). The molecule has 0 atom stereocenters. The molecule has 0 aliphatic rings. The summed E-state index contributed by atoms with van der Waals surface area (Å²) in [6.45, 7) is 8.41. The van der Waals surface area contributed by atoms with Crippen LogP contribution in [0.1, 0.15) is 32.8 Å². The molecular weight excluding hydrogens is 284 g/mol. The zero-order valence-corrected chi connectivity index (χ0v) is 15.0. The molecular formula is C20H28N2O. The molecule has 1 heterocycles. The van der Waals surface area contributed by atoms with Gasteiger partial charge in [-0.2, -0.15) is 0 Å². The smallest absolute Gasteiger partial charge is 0.213 e. The van der Waals surface area contributed by atoms with E-state index in [9.17, 15) is 0 Å². The minimum Gasteiger partial charge on any atom is -0.478 e. The van der Waals surface area contributed by atoms with E-state index in [1.807, 2.05) is 12.3 Å². The van der Waals surface area contributed by atoms with Crippen LogP contribution in [0.5, 0.6) is 5.88 Å². The quantitative estimate of drug-likeness (QED) is 0.740. The molecule has 0 fully saturated rings. The van der Waals surface area contributed by atoms with Gasteiger partial charge in [-0.15, -0.1) is 0 Å². The third-order valence-corrected chi connectivity index (χ3v) is 3.82. The highest BCUT2D eigenvalue weighted by Gasteiger charge is 2.13. The van der Waals surface area contributed by atoms with E-state index >= 15 is 0 Å². The second-order valence-corrected chi connectivity index (χ2v) is 7.22. The third-order valence-electron chi connectivity index (χ3n) is 3.82. The molecule has 0 aliphatic carbocycles. The molecule has 0 aliphatic heterocycles. The highest BCUT2D eigenvalue weighted by Crippen LogP contribution is 2.26. The monoisotopic (exact) mass is 312 g/mol. The van der Waals surface area contributed by atoms with Crippen molar-refractivity contribution in [2.75, 3.05) is 27.2 Å². The van der Waals surface area contributed by atoms with Crippen LogP contribution in [0.15, 0.2) is 42.6 Å². The minimum atomic E-state index is 0.182. The third kappa shape index (κ3) is 5.36. The summed E-state index contributed by atoms with van der Waals surface area (Å²) < 4.78 is 5.67. The predicted molar refractivity (Wildman–Crippen MR) is 97.0 cm³/mol. The first-order chi connectivity index (χ1) is 10.9. The van der Waals surface area contributed by atoms with Crippen molar-refractivity contribution in [3.05, 3.63) is 48.2 Å². The van der Waals surface area contributed by atoms with Gasteiger partial charge in [-0.1, -0.05) is 45.0 Å². The van der Waals surface area contributed by atoms with Crippen molar-refractivity contribution in [1.82, 2.24) is 9.88 Å². The van der Waals surface area contributed by atoms with E-state index in [0.717, 1.165) is 18.5 Å². The van der Waals surface area contributed by atoms with Gasteiger partial charge in [0.2, 0.25) is 5.88 Å². The average molecular weight is 312 g/mol. The summed E-state index contributed by atoms with van der Waals surface area (Å²) in [4.78, 5) is 6.56. The largest absolute Gasteiger partial charge is 0.478 e. The Kier molecular flexibility index (Phi) is 5.78. The lowest BCUT2D eigenvalue weighted by molar-refractivity contribution is 0.273. The molecule has 0 saturated heterocycles. The lowest BCUT2D eigenvalue weighted by atomic mass is 9.86. The van der Waals surface area contributed by atoms with Crippen LogP contribution in [0.2, 0.25) is 0 Å². The molecule has 1 aromatic carbocycles. The first-order valence-corrected chi connectivity index (χ1v) is 8.21. The van der Waals surface area contributed by atoms with E-state index < -0.39 is 0 Å². The van der Waals surface area contributed by atoms with Crippen molar-refractivity contribution in [3.63, 3.8) is 0 Å². The van der Waals surface area contributed by atoms with Crippen molar-refractivity contribution in [2.45, 2.75) is 32.6 Å². The summed E-state index contributed by atoms with van der Waals surface area (Å²) in [5, 5.41) is 0. The number of aromatic nitrogens is 1. The van der Waals surface area contributed by atoms with Crippen molar-refractivity contribution in [1.29, 1.82) is 0 Å². The number of pyridine rings is 1. The van der Waals surface area contributed by atoms with Gasteiger partial charge >= 0.3 is 0 Å². The first kappa shape index (κ1) is 17.5. The van der Waals surface area contributed by atoms with E-state index in [-0.39, 0.29) is 5.41 Å². The molecule has 0 radical (unpaired) electrons. The fraction of sp³-hybridized carbons (Fsp3) is 0.450. The Morgan fingerprint density at radius 2 is 1.61 bits per heavy atom. The lowest BCUT2D eigenvalue weighted by Gasteiger charge is -2.19. The molecule has 0 saturated carbocycles. The Bertz CT molecular complexity index is 595. The molecule has 0 bridgehead atoms. The summed E-state index contributed by atoms with van der Waals surface area (Å²) in [7, 11) is 4.13. The van der Waals surface area contributed by atoms with Crippen molar-refractivity contribution >= 4 is 0 Å². The van der Waals surface area contributed by atoms with Gasteiger partial charge in [0.05, 0.1) is 6.61 Å². The molecule has 1 aromatic heterocycles. The maximum Gasteiger partial charge on any atom is 0.213 e. The summed E-state index contributed by atoms with van der Waals surface area (Å²) in [6, 6.07) is 12.7. The van der Waals surface area contributed by atoms with Crippen molar-refractivity contribution in [3.8, 4) is 17.0 Å². The zero-order chi connectivity index (χ0) is 16.9. The number of rotatable bonds is 6. The molecule has 23 heavy (non-hydrogen) atoms. The molecule has 2 aromatic rings. The fourth-order valence-electron chi connectivity index (χ4n) is 2.36. The van der Waals surface area contributed by atoms with Crippen LogP contribution in [0.25, 0.3) is 11.1 Å². The Hall–Kier alpha value is -1.87. The average Bonchev–Trinajstić information content (AvgIpc) is 2.51. The number of benzene rings is 1. The van der Waals surface area contributed by atoms with Crippen LogP contribution in [-0.2, 0) is 5.41 Å². The fourth-order valence-corrected chi connectivity index (χ4v) is 2.36. The van der Waals surface area contributed by atoms with E-state index in [1.54, 1.807) is 0 Å². The predicted octanol–water partition coefficient (Wildman–Crippen LogP) is 4.38. The Balaban J connectivity index is 1.96. The van der Waals surface area contributed by atoms with Gasteiger partial charge in [0.15, 0.2) is 0 Å². The highest BCUT2D eigenvalue weighted by atomic mass is 16.5. The first-order valence-electron chi connectivity index (χ1n) is 8.21. The summed E-state index contributed by atoms with van der Waals surface area (Å²) >= 11 is 0. The van der Waals surface area contributed by atoms with Crippen molar-refractivity contribution < 1.29 is 4.74 Å². The standard InChI is InChI=1S/C20H28N2O/c1-20(2,3)18-10-7-16(8-11-18)17-9-12-19(21-15-17)23-14-6-13-22(4)5/h7-12,15H,6,13-14H2,1-5H3. The maximum absolute atomic E-state index is 5.67. The Morgan fingerprint density at radius 1 is 0.957 bits per heavy atom. The number of hydrogen-bond acceptors (Lipinski definition) is 3. The van der Waals surface area contributed by atoms with E-state index in [1.165, 1.54) is 11.1 Å². The lowest BCUT2D eigenvalue weighted by Crippen LogP contribution is -2.15. The SMILES string of the molecule is CN(C)CCCOc1ccc(-c2ccc(C(C)(C)C)cc2)cn1. The normalized spacial score (nSPS) is 11.7. The topological polar surface area (TPSA) is 25.4 Å². The van der Waals surface area contributed by atoms with E-state index in [2.05, 4.69) is 75.1 Å². The minimum absolute atomic E-state index is 0.182. The van der Waals surface area contributed by atoms with Gasteiger partial charge in [0.25, 0.3) is 0 Å². The number of hydrogen-bond donors (Lipinski definition) is 0. The van der Waals surface area contributed by atoms with Gasteiger partial charge in [-0.3, -0.25) is 0 Å². The Labute approximate surface area is 140 Å². The van der Waals surface area contributed by atoms with Crippen molar-refractivity contribution in [2.24, 2.45) is 0 Å². The van der Waals surface area contributed by atoms with Gasteiger partial charge in [-0.25, -0.2) is 4.98 Å². The summed E-state index contributed by atoms with van der Waals surface area (Å²) in [5.74, 6) is 0.693. The highest BCUT2D eigenvalue weighted by molar-refractivity contribution is 5.63. The summed E-state index contributed by atoms with van der Waals surface area (Å²) in [6.07, 6.45) is 2.89. The second kappa shape index (κ2) is 7.60. The van der Waals surface area contributed by atoms with Crippen LogP contribution >= 0.6 is 0 Å². The van der Waals surface area contributed by atoms with Crippen LogP contribution in [0.4, 0.5) is 0 Å². The maximum atomic E-state index is 5.67. The molecule has 0 spiro atoms. The molecule has 0 amide bonds.